The molecule has 1 rings (SSSR count). The largest absolute Gasteiger partial charge is 0.309 e. The Balaban J connectivity index is 2.78. The van der Waals surface area contributed by atoms with E-state index in [2.05, 4.69) is 57.3 Å². The van der Waals surface area contributed by atoms with Crippen molar-refractivity contribution in [2.24, 2.45) is 0 Å². The molecule has 0 radical (unpaired) electrons. The van der Waals surface area contributed by atoms with Gasteiger partial charge in [-0.1, -0.05) is 52.0 Å². The van der Waals surface area contributed by atoms with Gasteiger partial charge in [-0.3, -0.25) is 4.21 Å². The fourth-order valence-electron chi connectivity index (χ4n) is 2.02. The summed E-state index contributed by atoms with van der Waals surface area (Å²) in [5.74, 6) is 0.703. The van der Waals surface area contributed by atoms with Gasteiger partial charge in [0.05, 0.1) is 0 Å². The molecule has 3 heteroatoms. The van der Waals surface area contributed by atoms with Gasteiger partial charge in [0, 0.05) is 27.8 Å². The third-order valence-corrected chi connectivity index (χ3v) is 5.49. The maximum absolute atomic E-state index is 12.2. The molecule has 0 bridgehead atoms. The van der Waals surface area contributed by atoms with Crippen molar-refractivity contribution in [1.82, 2.24) is 5.32 Å². The minimum absolute atomic E-state index is 0.200. The zero-order valence-electron chi connectivity index (χ0n) is 12.6. The summed E-state index contributed by atoms with van der Waals surface area (Å²) in [5, 5.41) is 3.73. The van der Waals surface area contributed by atoms with Crippen molar-refractivity contribution in [3.05, 3.63) is 35.4 Å². The Labute approximate surface area is 120 Å². The molecular weight excluding hydrogens is 254 g/mol. The van der Waals surface area contributed by atoms with Crippen LogP contribution in [0.2, 0.25) is 0 Å². The van der Waals surface area contributed by atoms with Gasteiger partial charge in [0.15, 0.2) is 0 Å². The van der Waals surface area contributed by atoms with E-state index in [1.807, 2.05) is 0 Å². The van der Waals surface area contributed by atoms with Gasteiger partial charge in [-0.15, -0.1) is 0 Å². The van der Waals surface area contributed by atoms with Crippen LogP contribution in [-0.4, -0.2) is 21.8 Å². The maximum atomic E-state index is 12.2. The first-order valence-corrected chi connectivity index (χ1v) is 8.69. The topological polar surface area (TPSA) is 29.1 Å². The maximum Gasteiger partial charge on any atom is 0.0436 e. The Kier molecular flexibility index (Phi) is 7.32. The molecule has 0 saturated heterocycles. The predicted octanol–water partition coefficient (Wildman–Crippen LogP) is 3.45. The van der Waals surface area contributed by atoms with Crippen LogP contribution in [0.4, 0.5) is 0 Å². The standard InChI is InChI=1S/C16H27NOS/c1-5-13(4)19(18)12-16(17-7-3)15-10-8-14(6-2)9-11-15/h8-11,13,16-17H,5-7,12H2,1-4H3. The highest BCUT2D eigenvalue weighted by molar-refractivity contribution is 7.85. The van der Waals surface area contributed by atoms with Crippen LogP contribution in [0.15, 0.2) is 24.3 Å². The molecule has 3 unspecified atom stereocenters. The van der Waals surface area contributed by atoms with E-state index in [-0.39, 0.29) is 11.3 Å². The third-order valence-electron chi connectivity index (χ3n) is 3.60. The molecule has 0 saturated carbocycles. The second kappa shape index (κ2) is 8.49. The zero-order valence-corrected chi connectivity index (χ0v) is 13.4. The minimum atomic E-state index is -0.766. The van der Waals surface area contributed by atoms with Crippen LogP contribution < -0.4 is 5.32 Å². The van der Waals surface area contributed by atoms with E-state index in [1.165, 1.54) is 11.1 Å². The van der Waals surface area contributed by atoms with Crippen molar-refractivity contribution in [3.8, 4) is 0 Å². The van der Waals surface area contributed by atoms with Gasteiger partial charge >= 0.3 is 0 Å². The van der Waals surface area contributed by atoms with Crippen molar-refractivity contribution in [1.29, 1.82) is 0 Å². The van der Waals surface area contributed by atoms with E-state index >= 15 is 0 Å². The molecule has 1 N–H and O–H groups in total. The van der Waals surface area contributed by atoms with E-state index in [9.17, 15) is 4.21 Å². The summed E-state index contributed by atoms with van der Waals surface area (Å²) < 4.78 is 12.2. The highest BCUT2D eigenvalue weighted by Gasteiger charge is 2.17. The Morgan fingerprint density at radius 3 is 2.26 bits per heavy atom. The fourth-order valence-corrected chi connectivity index (χ4v) is 3.36. The first-order chi connectivity index (χ1) is 9.12. The zero-order chi connectivity index (χ0) is 14.3. The lowest BCUT2D eigenvalue weighted by molar-refractivity contribution is 0.590. The van der Waals surface area contributed by atoms with E-state index in [0.717, 1.165) is 19.4 Å². The Bertz CT molecular complexity index is 388. The summed E-state index contributed by atoms with van der Waals surface area (Å²) in [4.78, 5) is 0. The monoisotopic (exact) mass is 281 g/mol. The van der Waals surface area contributed by atoms with Crippen molar-refractivity contribution in [3.63, 3.8) is 0 Å². The molecule has 0 aliphatic rings. The number of nitrogens with one attached hydrogen (secondary N) is 1. The molecule has 0 aliphatic carbocycles. The Morgan fingerprint density at radius 1 is 1.16 bits per heavy atom. The smallest absolute Gasteiger partial charge is 0.0436 e. The number of benzene rings is 1. The van der Waals surface area contributed by atoms with Gasteiger partial charge in [-0.05, 0) is 30.5 Å². The first kappa shape index (κ1) is 16.4. The number of rotatable bonds is 8. The van der Waals surface area contributed by atoms with Gasteiger partial charge in [0.1, 0.15) is 0 Å². The average molecular weight is 281 g/mol. The van der Waals surface area contributed by atoms with Crippen LogP contribution in [-0.2, 0) is 17.2 Å². The summed E-state index contributed by atoms with van der Waals surface area (Å²) in [6.07, 6.45) is 2.03. The van der Waals surface area contributed by atoms with Gasteiger partial charge in [-0.2, -0.15) is 0 Å². The van der Waals surface area contributed by atoms with Crippen molar-refractivity contribution < 1.29 is 4.21 Å². The first-order valence-electron chi connectivity index (χ1n) is 7.31. The molecule has 1 aromatic rings. The number of aryl methyl sites for hydroxylation is 1. The minimum Gasteiger partial charge on any atom is -0.309 e. The molecule has 0 heterocycles. The van der Waals surface area contributed by atoms with Gasteiger partial charge in [-0.25, -0.2) is 0 Å². The fraction of sp³-hybridized carbons (Fsp3) is 0.625. The van der Waals surface area contributed by atoms with Crippen LogP contribution in [0.3, 0.4) is 0 Å². The molecule has 0 aliphatic heterocycles. The lowest BCUT2D eigenvalue weighted by atomic mass is 10.0. The highest BCUT2D eigenvalue weighted by atomic mass is 32.2. The predicted molar refractivity (Wildman–Crippen MR) is 85.0 cm³/mol. The second-order valence-electron chi connectivity index (χ2n) is 4.97. The molecule has 0 fully saturated rings. The SMILES string of the molecule is CCNC(CS(=O)C(C)CC)c1ccc(CC)cc1. The number of hydrogen-bond donors (Lipinski definition) is 1. The molecular formula is C16H27NOS. The van der Waals surface area contributed by atoms with Crippen molar-refractivity contribution in [2.75, 3.05) is 12.3 Å². The highest BCUT2D eigenvalue weighted by Crippen LogP contribution is 2.17. The molecule has 1 aromatic carbocycles. The van der Waals surface area contributed by atoms with Gasteiger partial charge in [0.2, 0.25) is 0 Å². The van der Waals surface area contributed by atoms with Gasteiger partial charge in [0.25, 0.3) is 0 Å². The lowest BCUT2D eigenvalue weighted by Gasteiger charge is -2.20. The van der Waals surface area contributed by atoms with Crippen LogP contribution in [0.1, 0.15) is 51.3 Å². The Morgan fingerprint density at radius 2 is 1.79 bits per heavy atom. The number of hydrogen-bond acceptors (Lipinski definition) is 2. The van der Waals surface area contributed by atoms with Gasteiger partial charge < -0.3 is 5.32 Å². The third kappa shape index (κ3) is 5.07. The lowest BCUT2D eigenvalue weighted by Crippen LogP contribution is -2.28. The molecule has 2 nitrogen and oxygen atoms in total. The quantitative estimate of drug-likeness (QED) is 0.791. The van der Waals surface area contributed by atoms with E-state index in [4.69, 9.17) is 0 Å². The second-order valence-corrected chi connectivity index (χ2v) is 6.87. The average Bonchev–Trinajstić information content (AvgIpc) is 2.45. The molecule has 3 atom stereocenters. The summed E-state index contributed by atoms with van der Waals surface area (Å²) in [6, 6.07) is 8.88. The summed E-state index contributed by atoms with van der Waals surface area (Å²) in [7, 11) is -0.766. The normalized spacial score (nSPS) is 16.0. The van der Waals surface area contributed by atoms with Crippen LogP contribution in [0, 0.1) is 0 Å². The van der Waals surface area contributed by atoms with E-state index in [0.29, 0.717) is 5.75 Å². The van der Waals surface area contributed by atoms with E-state index < -0.39 is 10.8 Å². The molecule has 0 spiro atoms. The molecule has 0 amide bonds. The van der Waals surface area contributed by atoms with Crippen LogP contribution in [0.25, 0.3) is 0 Å². The van der Waals surface area contributed by atoms with E-state index in [1.54, 1.807) is 0 Å². The summed E-state index contributed by atoms with van der Waals surface area (Å²) >= 11 is 0. The summed E-state index contributed by atoms with van der Waals surface area (Å²) in [6.45, 7) is 9.33. The summed E-state index contributed by atoms with van der Waals surface area (Å²) in [5.41, 5.74) is 2.60. The van der Waals surface area contributed by atoms with Crippen LogP contribution >= 0.6 is 0 Å². The Hall–Kier alpha value is -0.670. The molecule has 108 valence electrons. The van der Waals surface area contributed by atoms with Crippen molar-refractivity contribution >= 4 is 10.8 Å². The molecule has 19 heavy (non-hydrogen) atoms. The molecule has 0 aromatic heterocycles. The van der Waals surface area contributed by atoms with Crippen LogP contribution in [0.5, 0.6) is 0 Å². The van der Waals surface area contributed by atoms with Crippen molar-refractivity contribution in [2.45, 2.75) is 51.8 Å².